The molecule has 0 unspecified atom stereocenters. The Morgan fingerprint density at radius 2 is 1.81 bits per heavy atom. The van der Waals surface area contributed by atoms with Crippen LogP contribution in [0.15, 0.2) is 65.1 Å². The number of hydrogen-bond donors (Lipinski definition) is 0. The first-order valence-electron chi connectivity index (χ1n) is 6.72. The van der Waals surface area contributed by atoms with Crippen LogP contribution in [0.5, 0.6) is 5.75 Å². The van der Waals surface area contributed by atoms with E-state index in [-0.39, 0.29) is 0 Å². The number of hydrogen-bond acceptors (Lipinski definition) is 1. The van der Waals surface area contributed by atoms with Gasteiger partial charge in [0.15, 0.2) is 0 Å². The van der Waals surface area contributed by atoms with E-state index in [2.05, 4.69) is 40.2 Å². The smallest absolute Gasteiger partial charge is 0.124 e. The molecule has 0 N–H and O–H groups in total. The van der Waals surface area contributed by atoms with Crippen molar-refractivity contribution in [1.82, 2.24) is 0 Å². The third-order valence-corrected chi connectivity index (χ3v) is 4.18. The van der Waals surface area contributed by atoms with Crippen LogP contribution >= 0.6 is 27.5 Å². The number of halogens is 2. The molecule has 106 valence electrons. The summed E-state index contributed by atoms with van der Waals surface area (Å²) in [6.07, 6.45) is 0. The van der Waals surface area contributed by atoms with E-state index in [1.54, 1.807) is 0 Å². The first-order valence-corrected chi connectivity index (χ1v) is 8.04. The van der Waals surface area contributed by atoms with Crippen molar-refractivity contribution < 1.29 is 4.74 Å². The van der Waals surface area contributed by atoms with E-state index in [0.717, 1.165) is 26.7 Å². The highest BCUT2D eigenvalue weighted by Gasteiger charge is 2.08. The number of alkyl halides is 1. The van der Waals surface area contributed by atoms with Crippen LogP contribution in [0.25, 0.3) is 10.8 Å². The molecule has 0 saturated heterocycles. The Hall–Kier alpha value is -1.51. The maximum absolute atomic E-state index is 6.13. The third-order valence-electron chi connectivity index (χ3n) is 3.41. The molecule has 3 rings (SSSR count). The molecule has 0 aliphatic rings. The largest absolute Gasteiger partial charge is 0.489 e. The lowest BCUT2D eigenvalue weighted by molar-refractivity contribution is 0.304. The van der Waals surface area contributed by atoms with Gasteiger partial charge in [0.2, 0.25) is 0 Å². The zero-order chi connectivity index (χ0) is 14.7. The van der Waals surface area contributed by atoms with E-state index in [1.165, 1.54) is 5.39 Å². The quantitative estimate of drug-likeness (QED) is 0.524. The predicted molar refractivity (Wildman–Crippen MR) is 92.0 cm³/mol. The van der Waals surface area contributed by atoms with Crippen LogP contribution in [0, 0.1) is 0 Å². The van der Waals surface area contributed by atoms with Gasteiger partial charge in [-0.05, 0) is 34.5 Å². The molecule has 0 heterocycles. The summed E-state index contributed by atoms with van der Waals surface area (Å²) >= 11 is 9.60. The van der Waals surface area contributed by atoms with Crippen molar-refractivity contribution in [2.45, 2.75) is 12.5 Å². The van der Waals surface area contributed by atoms with Crippen molar-refractivity contribution in [2.75, 3.05) is 0 Å². The fourth-order valence-corrected chi connectivity index (χ4v) is 3.10. The molecular weight excluding hydrogens is 348 g/mol. The molecule has 0 aliphatic carbocycles. The van der Waals surface area contributed by atoms with Crippen molar-refractivity contribution in [3.05, 3.63) is 76.3 Å². The average molecular weight is 362 g/mol. The number of rotatable bonds is 4. The second-order valence-electron chi connectivity index (χ2n) is 4.82. The Bertz CT molecular complexity index is 770. The SMILES string of the molecule is ClCc1c(OCc2cccc(Br)c2)ccc2ccccc12. The second kappa shape index (κ2) is 6.50. The van der Waals surface area contributed by atoms with Gasteiger partial charge in [-0.25, -0.2) is 0 Å². The summed E-state index contributed by atoms with van der Waals surface area (Å²) in [6, 6.07) is 20.4. The van der Waals surface area contributed by atoms with E-state index >= 15 is 0 Å². The maximum atomic E-state index is 6.13. The molecule has 0 aliphatic heterocycles. The molecule has 0 bridgehead atoms. The molecule has 0 amide bonds. The number of benzene rings is 3. The molecule has 3 heteroatoms. The van der Waals surface area contributed by atoms with E-state index in [4.69, 9.17) is 16.3 Å². The summed E-state index contributed by atoms with van der Waals surface area (Å²) in [6.45, 7) is 0.529. The number of fused-ring (bicyclic) bond motifs is 1. The van der Waals surface area contributed by atoms with Gasteiger partial charge in [-0.3, -0.25) is 0 Å². The highest BCUT2D eigenvalue weighted by molar-refractivity contribution is 9.10. The summed E-state index contributed by atoms with van der Waals surface area (Å²) in [7, 11) is 0. The summed E-state index contributed by atoms with van der Waals surface area (Å²) in [4.78, 5) is 0. The normalized spacial score (nSPS) is 10.8. The van der Waals surface area contributed by atoms with E-state index in [1.807, 2.05) is 36.4 Å². The zero-order valence-corrected chi connectivity index (χ0v) is 13.7. The van der Waals surface area contributed by atoms with E-state index in [9.17, 15) is 0 Å². The van der Waals surface area contributed by atoms with Crippen molar-refractivity contribution in [3.63, 3.8) is 0 Å². The highest BCUT2D eigenvalue weighted by Crippen LogP contribution is 2.30. The Morgan fingerprint density at radius 3 is 2.62 bits per heavy atom. The Morgan fingerprint density at radius 1 is 0.952 bits per heavy atom. The van der Waals surface area contributed by atoms with Gasteiger partial charge < -0.3 is 4.74 Å². The molecule has 21 heavy (non-hydrogen) atoms. The summed E-state index contributed by atoms with van der Waals surface area (Å²) in [5, 5.41) is 2.34. The van der Waals surface area contributed by atoms with Crippen molar-refractivity contribution in [3.8, 4) is 5.75 Å². The molecule has 0 saturated carbocycles. The lowest BCUT2D eigenvalue weighted by atomic mass is 10.0. The lowest BCUT2D eigenvalue weighted by Gasteiger charge is -2.13. The van der Waals surface area contributed by atoms with Crippen LogP contribution in [0.1, 0.15) is 11.1 Å². The minimum Gasteiger partial charge on any atom is -0.489 e. The lowest BCUT2D eigenvalue weighted by Crippen LogP contribution is -1.98. The standard InChI is InChI=1S/C18H14BrClO/c19-15-6-3-4-13(10-15)12-21-18-9-8-14-5-1-2-7-16(14)17(18)11-20/h1-10H,11-12H2. The minimum absolute atomic E-state index is 0.440. The van der Waals surface area contributed by atoms with Gasteiger partial charge in [0, 0.05) is 10.0 Å². The van der Waals surface area contributed by atoms with Crippen molar-refractivity contribution in [1.29, 1.82) is 0 Å². The highest BCUT2D eigenvalue weighted by atomic mass is 79.9. The van der Waals surface area contributed by atoms with Gasteiger partial charge in [0.1, 0.15) is 12.4 Å². The van der Waals surface area contributed by atoms with Crippen LogP contribution in [0.3, 0.4) is 0 Å². The molecule has 3 aromatic carbocycles. The van der Waals surface area contributed by atoms with Gasteiger partial charge in [-0.2, -0.15) is 0 Å². The van der Waals surface area contributed by atoms with Crippen LogP contribution < -0.4 is 4.74 Å². The zero-order valence-electron chi connectivity index (χ0n) is 11.4. The molecule has 0 spiro atoms. The monoisotopic (exact) mass is 360 g/mol. The first-order chi connectivity index (χ1) is 10.3. The number of ether oxygens (including phenoxy) is 1. The van der Waals surface area contributed by atoms with Crippen molar-refractivity contribution in [2.24, 2.45) is 0 Å². The van der Waals surface area contributed by atoms with Crippen LogP contribution in [0.2, 0.25) is 0 Å². The van der Waals surface area contributed by atoms with Crippen LogP contribution in [-0.4, -0.2) is 0 Å². The fraction of sp³-hybridized carbons (Fsp3) is 0.111. The van der Waals surface area contributed by atoms with Crippen LogP contribution in [0.4, 0.5) is 0 Å². The van der Waals surface area contributed by atoms with Gasteiger partial charge >= 0.3 is 0 Å². The topological polar surface area (TPSA) is 9.23 Å². The Labute approximate surface area is 137 Å². The molecule has 3 aromatic rings. The predicted octanol–water partition coefficient (Wildman–Crippen LogP) is 5.92. The molecule has 0 atom stereocenters. The molecular formula is C18H14BrClO. The molecule has 0 radical (unpaired) electrons. The minimum atomic E-state index is 0.440. The second-order valence-corrected chi connectivity index (χ2v) is 6.00. The molecule has 1 nitrogen and oxygen atoms in total. The van der Waals surface area contributed by atoms with E-state index < -0.39 is 0 Å². The molecule has 0 fully saturated rings. The first kappa shape index (κ1) is 14.4. The Balaban J connectivity index is 1.90. The van der Waals surface area contributed by atoms with Gasteiger partial charge in [0.05, 0.1) is 5.88 Å². The average Bonchev–Trinajstić information content (AvgIpc) is 2.52. The van der Waals surface area contributed by atoms with Gasteiger partial charge in [-0.1, -0.05) is 58.4 Å². The van der Waals surface area contributed by atoms with Gasteiger partial charge in [0.25, 0.3) is 0 Å². The summed E-state index contributed by atoms with van der Waals surface area (Å²) in [5.74, 6) is 1.29. The van der Waals surface area contributed by atoms with Gasteiger partial charge in [-0.15, -0.1) is 11.6 Å². The maximum Gasteiger partial charge on any atom is 0.124 e. The Kier molecular flexibility index (Phi) is 4.47. The summed E-state index contributed by atoms with van der Waals surface area (Å²) < 4.78 is 7.03. The fourth-order valence-electron chi connectivity index (χ4n) is 2.38. The van der Waals surface area contributed by atoms with Crippen molar-refractivity contribution >= 4 is 38.3 Å². The third kappa shape index (κ3) is 3.22. The van der Waals surface area contributed by atoms with Crippen LogP contribution in [-0.2, 0) is 12.5 Å². The van der Waals surface area contributed by atoms with E-state index in [0.29, 0.717) is 12.5 Å². The molecule has 0 aromatic heterocycles. The summed E-state index contributed by atoms with van der Waals surface area (Å²) in [5.41, 5.74) is 2.17.